The van der Waals surface area contributed by atoms with E-state index in [2.05, 4.69) is 0 Å². The van der Waals surface area contributed by atoms with Gasteiger partial charge in [-0.05, 0) is 12.2 Å². The van der Waals surface area contributed by atoms with Crippen LogP contribution in [0, 0.1) is 0 Å². The highest BCUT2D eigenvalue weighted by Crippen LogP contribution is 2.36. The number of fused-ring (bicyclic) bond motifs is 1. The Bertz CT molecular complexity index is 275. The highest BCUT2D eigenvalue weighted by atomic mass is 32.1. The van der Waals surface area contributed by atoms with Crippen LogP contribution in [-0.4, -0.2) is 11.7 Å². The first-order chi connectivity index (χ1) is 4.86. The van der Waals surface area contributed by atoms with Crippen LogP contribution in [0.25, 0.3) is 6.08 Å². The van der Waals surface area contributed by atoms with E-state index in [9.17, 15) is 0 Å². The number of hydrogen-bond acceptors (Lipinski definition) is 3. The number of aromatic hydroxyl groups is 1. The molecule has 1 aromatic rings. The number of thiophene rings is 1. The third-order valence-electron chi connectivity index (χ3n) is 1.32. The van der Waals surface area contributed by atoms with E-state index in [1.807, 2.05) is 12.2 Å². The summed E-state index contributed by atoms with van der Waals surface area (Å²) in [5, 5.41) is 9.34. The lowest BCUT2D eigenvalue weighted by Crippen LogP contribution is -1.96. The van der Waals surface area contributed by atoms with E-state index in [0.29, 0.717) is 11.7 Å². The van der Waals surface area contributed by atoms with Crippen molar-refractivity contribution in [3.8, 4) is 10.8 Å². The summed E-state index contributed by atoms with van der Waals surface area (Å²) in [6, 6.07) is 1.64. The quantitative estimate of drug-likeness (QED) is 0.618. The van der Waals surface area contributed by atoms with Gasteiger partial charge in [-0.2, -0.15) is 0 Å². The Kier molecular flexibility index (Phi) is 1.17. The largest absolute Gasteiger partial charge is 0.499 e. The standard InChI is InChI=1S/C7H6O2S/c8-7-4-5-6(10-7)2-1-3-9-5/h1-2,4,8H,3H2. The van der Waals surface area contributed by atoms with Crippen molar-refractivity contribution in [1.82, 2.24) is 0 Å². The highest BCUT2D eigenvalue weighted by molar-refractivity contribution is 7.15. The molecule has 0 amide bonds. The van der Waals surface area contributed by atoms with Gasteiger partial charge in [-0.25, -0.2) is 0 Å². The number of hydrogen-bond donors (Lipinski definition) is 1. The lowest BCUT2D eigenvalue weighted by Gasteiger charge is -2.04. The van der Waals surface area contributed by atoms with E-state index in [0.717, 1.165) is 10.6 Å². The Labute approximate surface area is 62.4 Å². The lowest BCUT2D eigenvalue weighted by molar-refractivity contribution is 0.359. The molecule has 0 unspecified atom stereocenters. The molecule has 1 aliphatic heterocycles. The second kappa shape index (κ2) is 2.02. The molecule has 1 aromatic heterocycles. The van der Waals surface area contributed by atoms with Crippen LogP contribution >= 0.6 is 11.3 Å². The minimum atomic E-state index is 0.316. The van der Waals surface area contributed by atoms with E-state index >= 15 is 0 Å². The van der Waals surface area contributed by atoms with Gasteiger partial charge in [0.1, 0.15) is 12.4 Å². The van der Waals surface area contributed by atoms with Crippen molar-refractivity contribution < 1.29 is 9.84 Å². The molecule has 1 N–H and O–H groups in total. The first-order valence-electron chi connectivity index (χ1n) is 2.98. The molecule has 0 aliphatic carbocycles. The van der Waals surface area contributed by atoms with Crippen LogP contribution in [0.1, 0.15) is 4.88 Å². The van der Waals surface area contributed by atoms with Gasteiger partial charge >= 0.3 is 0 Å². The summed E-state index contributed by atoms with van der Waals surface area (Å²) in [5.74, 6) is 0.796. The Hall–Kier alpha value is -0.960. The summed E-state index contributed by atoms with van der Waals surface area (Å²) in [4.78, 5) is 1.00. The van der Waals surface area contributed by atoms with Gasteiger partial charge in [-0.1, -0.05) is 11.3 Å². The van der Waals surface area contributed by atoms with E-state index in [1.165, 1.54) is 11.3 Å². The maximum absolute atomic E-state index is 9.03. The molecule has 1 aliphatic rings. The number of ether oxygens (including phenoxy) is 1. The molecular formula is C7H6O2S. The maximum atomic E-state index is 9.03. The van der Waals surface area contributed by atoms with Crippen LogP contribution in [0.2, 0.25) is 0 Å². The first-order valence-corrected chi connectivity index (χ1v) is 3.80. The third kappa shape index (κ3) is 0.789. The smallest absolute Gasteiger partial charge is 0.175 e. The topological polar surface area (TPSA) is 29.5 Å². The van der Waals surface area contributed by atoms with Crippen molar-refractivity contribution in [2.45, 2.75) is 0 Å². The van der Waals surface area contributed by atoms with Gasteiger partial charge in [0.25, 0.3) is 0 Å². The molecular weight excluding hydrogens is 148 g/mol. The molecule has 3 heteroatoms. The van der Waals surface area contributed by atoms with E-state index < -0.39 is 0 Å². The summed E-state index contributed by atoms with van der Waals surface area (Å²) in [6.45, 7) is 0.614. The van der Waals surface area contributed by atoms with Crippen LogP contribution in [-0.2, 0) is 0 Å². The molecule has 2 nitrogen and oxygen atoms in total. The normalized spacial score (nSPS) is 14.4. The minimum absolute atomic E-state index is 0.316. The Morgan fingerprint density at radius 1 is 1.60 bits per heavy atom. The summed E-state index contributed by atoms with van der Waals surface area (Å²) in [5.41, 5.74) is 0. The molecule has 10 heavy (non-hydrogen) atoms. The second-order valence-corrected chi connectivity index (χ2v) is 3.09. The minimum Gasteiger partial charge on any atom is -0.499 e. The van der Waals surface area contributed by atoms with Crippen molar-refractivity contribution in [3.05, 3.63) is 17.0 Å². The zero-order chi connectivity index (χ0) is 6.97. The fourth-order valence-electron chi connectivity index (χ4n) is 0.898. The molecule has 0 aromatic carbocycles. The summed E-state index contributed by atoms with van der Waals surface area (Å²) in [6.07, 6.45) is 3.89. The van der Waals surface area contributed by atoms with Crippen LogP contribution in [0.5, 0.6) is 10.8 Å². The van der Waals surface area contributed by atoms with Crippen molar-refractivity contribution in [1.29, 1.82) is 0 Å². The summed E-state index contributed by atoms with van der Waals surface area (Å²) < 4.78 is 5.21. The van der Waals surface area contributed by atoms with Gasteiger partial charge in [0.15, 0.2) is 5.06 Å². The van der Waals surface area contributed by atoms with Crippen LogP contribution in [0.4, 0.5) is 0 Å². The molecule has 0 spiro atoms. The predicted molar refractivity (Wildman–Crippen MR) is 40.5 cm³/mol. The van der Waals surface area contributed by atoms with Gasteiger partial charge in [-0.15, -0.1) is 0 Å². The molecule has 0 saturated heterocycles. The summed E-state index contributed by atoms with van der Waals surface area (Å²) >= 11 is 1.33. The van der Waals surface area contributed by atoms with Crippen LogP contribution < -0.4 is 4.74 Å². The zero-order valence-corrected chi connectivity index (χ0v) is 6.02. The third-order valence-corrected chi connectivity index (χ3v) is 2.20. The zero-order valence-electron chi connectivity index (χ0n) is 5.20. The Balaban J connectivity index is 2.53. The van der Waals surface area contributed by atoms with Gasteiger partial charge in [0, 0.05) is 6.07 Å². The molecule has 0 atom stereocenters. The van der Waals surface area contributed by atoms with E-state index in [4.69, 9.17) is 9.84 Å². The molecule has 2 rings (SSSR count). The molecule has 0 saturated carbocycles. The Morgan fingerprint density at radius 3 is 3.30 bits per heavy atom. The van der Waals surface area contributed by atoms with Crippen molar-refractivity contribution >= 4 is 17.4 Å². The Morgan fingerprint density at radius 2 is 2.50 bits per heavy atom. The van der Waals surface area contributed by atoms with Crippen LogP contribution in [0.3, 0.4) is 0 Å². The van der Waals surface area contributed by atoms with E-state index in [1.54, 1.807) is 6.07 Å². The number of rotatable bonds is 0. The van der Waals surface area contributed by atoms with Gasteiger partial charge in [-0.3, -0.25) is 0 Å². The SMILES string of the molecule is Oc1cc2c(s1)C=CCO2. The van der Waals surface area contributed by atoms with Gasteiger partial charge in [0.2, 0.25) is 0 Å². The van der Waals surface area contributed by atoms with Crippen molar-refractivity contribution in [2.24, 2.45) is 0 Å². The lowest BCUT2D eigenvalue weighted by atomic mass is 10.3. The average molecular weight is 154 g/mol. The molecule has 2 heterocycles. The van der Waals surface area contributed by atoms with Crippen molar-refractivity contribution in [2.75, 3.05) is 6.61 Å². The average Bonchev–Trinajstić information content (AvgIpc) is 2.27. The van der Waals surface area contributed by atoms with Gasteiger partial charge < -0.3 is 9.84 Å². The fourth-order valence-corrected chi connectivity index (χ4v) is 1.67. The summed E-state index contributed by atoms with van der Waals surface area (Å²) in [7, 11) is 0. The molecule has 0 radical (unpaired) electrons. The fraction of sp³-hybridized carbons (Fsp3) is 0.143. The van der Waals surface area contributed by atoms with Crippen LogP contribution in [0.15, 0.2) is 12.1 Å². The monoisotopic (exact) mass is 154 g/mol. The molecule has 0 fully saturated rings. The second-order valence-electron chi connectivity index (χ2n) is 2.03. The van der Waals surface area contributed by atoms with E-state index in [-0.39, 0.29) is 0 Å². The predicted octanol–water partition coefficient (Wildman–Crippen LogP) is 1.86. The molecule has 0 bridgehead atoms. The molecule has 52 valence electrons. The highest BCUT2D eigenvalue weighted by Gasteiger charge is 2.08. The van der Waals surface area contributed by atoms with Gasteiger partial charge in [0.05, 0.1) is 4.88 Å². The maximum Gasteiger partial charge on any atom is 0.175 e. The first kappa shape index (κ1) is 5.80. The van der Waals surface area contributed by atoms with Crippen molar-refractivity contribution in [3.63, 3.8) is 0 Å².